The number of thiophene rings is 1. The van der Waals surface area contributed by atoms with Crippen molar-refractivity contribution in [1.82, 2.24) is 5.32 Å². The highest BCUT2D eigenvalue weighted by Crippen LogP contribution is 2.37. The fraction of sp³-hybridized carbons (Fsp3) is 0.211. The third kappa shape index (κ3) is 4.74. The molecule has 4 N–H and O–H groups in total. The standard InChI is InChI=1S/C19H18ClN3O2S2/c20-13-7-3-1-5-11(13)9-10-15(24)22-19(26)23-18-16(17(21)25)12-6-2-4-8-14(12)27-18/h1,3,5,7,9-10H,2,4,6,8H2,(H2,21,25)(H2,22,23,24,26). The van der Waals surface area contributed by atoms with Crippen molar-refractivity contribution in [1.29, 1.82) is 0 Å². The van der Waals surface area contributed by atoms with E-state index in [0.717, 1.165) is 41.7 Å². The summed E-state index contributed by atoms with van der Waals surface area (Å²) in [5, 5.41) is 6.78. The van der Waals surface area contributed by atoms with Crippen molar-refractivity contribution in [3.63, 3.8) is 0 Å². The van der Waals surface area contributed by atoms with Crippen LogP contribution in [0.4, 0.5) is 5.00 Å². The van der Waals surface area contributed by atoms with Crippen molar-refractivity contribution in [2.24, 2.45) is 5.73 Å². The summed E-state index contributed by atoms with van der Waals surface area (Å²) in [5.41, 5.74) is 7.78. The van der Waals surface area contributed by atoms with Crippen LogP contribution in [0, 0.1) is 0 Å². The number of carbonyl (C=O) groups excluding carboxylic acids is 2. The lowest BCUT2D eigenvalue weighted by molar-refractivity contribution is -0.115. The average molecular weight is 420 g/mol. The summed E-state index contributed by atoms with van der Waals surface area (Å²) in [7, 11) is 0. The number of benzene rings is 1. The van der Waals surface area contributed by atoms with Crippen LogP contribution >= 0.6 is 35.2 Å². The lowest BCUT2D eigenvalue weighted by Crippen LogP contribution is -2.33. The fourth-order valence-corrected chi connectivity index (χ4v) is 4.74. The molecule has 1 aliphatic carbocycles. The quantitative estimate of drug-likeness (QED) is 0.518. The zero-order chi connectivity index (χ0) is 19.4. The van der Waals surface area contributed by atoms with Gasteiger partial charge >= 0.3 is 0 Å². The molecule has 0 radical (unpaired) electrons. The highest BCUT2D eigenvalue weighted by atomic mass is 35.5. The Kier molecular flexibility index (Phi) is 6.26. The summed E-state index contributed by atoms with van der Waals surface area (Å²) in [6.45, 7) is 0. The first-order valence-electron chi connectivity index (χ1n) is 8.44. The Morgan fingerprint density at radius 2 is 1.96 bits per heavy atom. The molecule has 8 heteroatoms. The van der Waals surface area contributed by atoms with Crippen molar-refractivity contribution in [2.75, 3.05) is 5.32 Å². The highest BCUT2D eigenvalue weighted by molar-refractivity contribution is 7.80. The molecule has 3 rings (SSSR count). The summed E-state index contributed by atoms with van der Waals surface area (Å²) in [4.78, 5) is 25.1. The maximum absolute atomic E-state index is 12.1. The van der Waals surface area contributed by atoms with Gasteiger partial charge in [0.1, 0.15) is 5.00 Å². The van der Waals surface area contributed by atoms with Gasteiger partial charge < -0.3 is 11.1 Å². The van der Waals surface area contributed by atoms with Crippen LogP contribution in [0.3, 0.4) is 0 Å². The Balaban J connectivity index is 1.67. The lowest BCUT2D eigenvalue weighted by Gasteiger charge is -2.11. The van der Waals surface area contributed by atoms with Crippen molar-refractivity contribution in [2.45, 2.75) is 25.7 Å². The van der Waals surface area contributed by atoms with Crippen LogP contribution in [0.15, 0.2) is 30.3 Å². The predicted octanol–water partition coefficient (Wildman–Crippen LogP) is 3.91. The molecule has 0 saturated carbocycles. The van der Waals surface area contributed by atoms with Gasteiger partial charge in [0.25, 0.3) is 5.91 Å². The number of aryl methyl sites for hydroxylation is 1. The molecule has 0 bridgehead atoms. The first-order valence-corrected chi connectivity index (χ1v) is 10.0. The SMILES string of the molecule is NC(=O)c1c(NC(=S)NC(=O)C=Cc2ccccc2Cl)sc2c1CCCC2. The zero-order valence-electron chi connectivity index (χ0n) is 14.4. The average Bonchev–Trinajstić information content (AvgIpc) is 2.98. The van der Waals surface area contributed by atoms with Crippen molar-refractivity contribution in [3.05, 3.63) is 56.9 Å². The van der Waals surface area contributed by atoms with Gasteiger partial charge in [-0.3, -0.25) is 14.9 Å². The van der Waals surface area contributed by atoms with Gasteiger partial charge in [-0.2, -0.15) is 0 Å². The summed E-state index contributed by atoms with van der Waals surface area (Å²) >= 11 is 12.7. The normalized spacial score (nSPS) is 13.2. The summed E-state index contributed by atoms with van der Waals surface area (Å²) < 4.78 is 0. The monoisotopic (exact) mass is 419 g/mol. The minimum Gasteiger partial charge on any atom is -0.365 e. The largest absolute Gasteiger partial charge is 0.365 e. The first kappa shape index (κ1) is 19.5. The van der Waals surface area contributed by atoms with E-state index in [-0.39, 0.29) is 5.11 Å². The van der Waals surface area contributed by atoms with Gasteiger partial charge in [0, 0.05) is 16.0 Å². The molecule has 140 valence electrons. The van der Waals surface area contributed by atoms with E-state index in [2.05, 4.69) is 10.6 Å². The number of thiocarbonyl (C=S) groups is 1. The molecule has 0 aliphatic heterocycles. The van der Waals surface area contributed by atoms with E-state index >= 15 is 0 Å². The van der Waals surface area contributed by atoms with Crippen LogP contribution < -0.4 is 16.4 Å². The maximum Gasteiger partial charge on any atom is 0.251 e. The van der Waals surface area contributed by atoms with Crippen LogP contribution in [0.2, 0.25) is 5.02 Å². The number of anilines is 1. The van der Waals surface area contributed by atoms with Gasteiger partial charge in [-0.1, -0.05) is 29.8 Å². The van der Waals surface area contributed by atoms with Crippen LogP contribution in [-0.4, -0.2) is 16.9 Å². The molecular formula is C19H18ClN3O2S2. The number of rotatable bonds is 4. The van der Waals surface area contributed by atoms with E-state index in [1.54, 1.807) is 18.2 Å². The molecule has 0 atom stereocenters. The van der Waals surface area contributed by atoms with E-state index in [9.17, 15) is 9.59 Å². The summed E-state index contributed by atoms with van der Waals surface area (Å²) in [5.74, 6) is -0.876. The van der Waals surface area contributed by atoms with Gasteiger partial charge in [-0.05, 0) is 61.2 Å². The van der Waals surface area contributed by atoms with Crippen LogP contribution in [-0.2, 0) is 17.6 Å². The maximum atomic E-state index is 12.1. The van der Waals surface area contributed by atoms with Crippen LogP contribution in [0.1, 0.15) is 39.2 Å². The molecule has 0 unspecified atom stereocenters. The number of nitrogens with one attached hydrogen (secondary N) is 2. The van der Waals surface area contributed by atoms with Crippen molar-refractivity contribution >= 4 is 63.2 Å². The second-order valence-electron chi connectivity index (χ2n) is 6.08. The Morgan fingerprint density at radius 1 is 1.22 bits per heavy atom. The molecular weight excluding hydrogens is 402 g/mol. The van der Waals surface area contributed by atoms with Gasteiger partial charge in [-0.15, -0.1) is 11.3 Å². The Bertz CT molecular complexity index is 937. The van der Waals surface area contributed by atoms with Gasteiger partial charge in [0.2, 0.25) is 5.91 Å². The number of hydrogen-bond donors (Lipinski definition) is 3. The predicted molar refractivity (Wildman–Crippen MR) is 114 cm³/mol. The van der Waals surface area contributed by atoms with E-state index in [4.69, 9.17) is 29.6 Å². The Labute approximate surface area is 171 Å². The van der Waals surface area contributed by atoms with E-state index in [0.29, 0.717) is 15.6 Å². The number of carbonyl (C=O) groups is 2. The number of hydrogen-bond acceptors (Lipinski definition) is 4. The van der Waals surface area contributed by atoms with E-state index in [1.807, 2.05) is 12.1 Å². The molecule has 2 aromatic rings. The molecule has 0 saturated heterocycles. The van der Waals surface area contributed by atoms with Crippen molar-refractivity contribution in [3.8, 4) is 0 Å². The molecule has 1 aromatic carbocycles. The molecule has 0 fully saturated rings. The van der Waals surface area contributed by atoms with Crippen molar-refractivity contribution < 1.29 is 9.59 Å². The highest BCUT2D eigenvalue weighted by Gasteiger charge is 2.24. The Morgan fingerprint density at radius 3 is 2.70 bits per heavy atom. The van der Waals surface area contributed by atoms with Crippen LogP contribution in [0.25, 0.3) is 6.08 Å². The van der Waals surface area contributed by atoms with Crippen LogP contribution in [0.5, 0.6) is 0 Å². The number of halogens is 1. The Hall–Kier alpha value is -2.22. The minimum atomic E-state index is -0.482. The first-order chi connectivity index (χ1) is 13.0. The smallest absolute Gasteiger partial charge is 0.251 e. The molecule has 1 heterocycles. The van der Waals surface area contributed by atoms with E-state index < -0.39 is 11.8 Å². The third-order valence-corrected chi connectivity index (χ3v) is 5.96. The number of fused-ring (bicyclic) bond motifs is 1. The lowest BCUT2D eigenvalue weighted by atomic mass is 9.95. The van der Waals surface area contributed by atoms with Gasteiger partial charge in [0.05, 0.1) is 5.56 Å². The molecule has 27 heavy (non-hydrogen) atoms. The topological polar surface area (TPSA) is 84.2 Å². The second-order valence-corrected chi connectivity index (χ2v) is 8.00. The molecule has 5 nitrogen and oxygen atoms in total. The molecule has 0 spiro atoms. The van der Waals surface area contributed by atoms with Gasteiger partial charge in [-0.25, -0.2) is 0 Å². The minimum absolute atomic E-state index is 0.116. The summed E-state index contributed by atoms with van der Waals surface area (Å²) in [6.07, 6.45) is 6.87. The zero-order valence-corrected chi connectivity index (χ0v) is 16.8. The van der Waals surface area contributed by atoms with Gasteiger partial charge in [0.15, 0.2) is 5.11 Å². The number of amides is 2. The number of nitrogens with two attached hydrogens (primary N) is 1. The van der Waals surface area contributed by atoms with E-state index in [1.165, 1.54) is 17.4 Å². The molecule has 2 amide bonds. The second kappa shape index (κ2) is 8.65. The third-order valence-electron chi connectivity index (χ3n) is 4.20. The summed E-state index contributed by atoms with van der Waals surface area (Å²) in [6, 6.07) is 7.20. The molecule has 1 aliphatic rings. The number of primary amides is 1. The fourth-order valence-electron chi connectivity index (χ4n) is 2.98. The molecule has 1 aromatic heterocycles.